The van der Waals surface area contributed by atoms with E-state index in [9.17, 15) is 4.79 Å². The van der Waals surface area contributed by atoms with E-state index >= 15 is 0 Å². The van der Waals surface area contributed by atoms with Crippen LogP contribution < -0.4 is 0 Å². The molecule has 1 heterocycles. The van der Waals surface area contributed by atoms with E-state index in [-0.39, 0.29) is 0 Å². The molecule has 3 nitrogen and oxygen atoms in total. The van der Waals surface area contributed by atoms with Crippen molar-refractivity contribution in [2.75, 3.05) is 5.88 Å². The zero-order chi connectivity index (χ0) is 11.4. The van der Waals surface area contributed by atoms with Crippen LogP contribution in [0.1, 0.15) is 23.3 Å². The molecule has 1 aromatic carbocycles. The van der Waals surface area contributed by atoms with Crippen LogP contribution in [-0.2, 0) is 6.54 Å². The molecule has 0 radical (unpaired) electrons. The van der Waals surface area contributed by atoms with Crippen LogP contribution in [0.2, 0.25) is 0 Å². The molecule has 4 heteroatoms. The summed E-state index contributed by atoms with van der Waals surface area (Å²) in [5.41, 5.74) is 1.53. The minimum absolute atomic E-state index is 0.515. The van der Waals surface area contributed by atoms with Crippen LogP contribution in [-0.4, -0.2) is 21.9 Å². The highest BCUT2D eigenvalue weighted by molar-refractivity contribution is 6.17. The van der Waals surface area contributed by atoms with Gasteiger partial charge in [0, 0.05) is 17.8 Å². The second-order valence-electron chi connectivity index (χ2n) is 3.64. The molecule has 0 aliphatic rings. The zero-order valence-electron chi connectivity index (χ0n) is 8.90. The van der Waals surface area contributed by atoms with Crippen molar-refractivity contribution in [2.45, 2.75) is 19.4 Å². The summed E-state index contributed by atoms with van der Waals surface area (Å²) in [7, 11) is 0. The first-order valence-electron chi connectivity index (χ1n) is 5.33. The number of hydrogen-bond acceptors (Lipinski definition) is 2. The first-order chi connectivity index (χ1) is 7.86. The lowest BCUT2D eigenvalue weighted by Crippen LogP contribution is -2.00. The molecule has 0 saturated heterocycles. The number of carbonyl (C=O) groups is 1. The maximum atomic E-state index is 10.9. The predicted octanol–water partition coefficient (Wildman–Crippen LogP) is 2.87. The van der Waals surface area contributed by atoms with Crippen molar-refractivity contribution in [3.05, 3.63) is 30.0 Å². The third kappa shape index (κ3) is 2.09. The summed E-state index contributed by atoms with van der Waals surface area (Å²) in [6.45, 7) is 0.807. The van der Waals surface area contributed by atoms with Crippen molar-refractivity contribution >= 4 is 28.8 Å². The SMILES string of the molecule is O=Cc1nn(CCCCCl)c2ccccc12. The van der Waals surface area contributed by atoms with Crippen molar-refractivity contribution in [3.63, 3.8) is 0 Å². The topological polar surface area (TPSA) is 34.9 Å². The summed E-state index contributed by atoms with van der Waals surface area (Å²) in [6.07, 6.45) is 2.75. The molecule has 2 aromatic rings. The van der Waals surface area contributed by atoms with Gasteiger partial charge in [0.05, 0.1) is 5.52 Å². The Kier molecular flexibility index (Phi) is 3.57. The van der Waals surface area contributed by atoms with Crippen LogP contribution in [0.25, 0.3) is 10.9 Å². The van der Waals surface area contributed by atoms with Gasteiger partial charge in [-0.1, -0.05) is 18.2 Å². The summed E-state index contributed by atoms with van der Waals surface area (Å²) in [6, 6.07) is 7.77. The fourth-order valence-corrected chi connectivity index (χ4v) is 1.96. The fraction of sp³-hybridized carbons (Fsp3) is 0.333. The summed E-state index contributed by atoms with van der Waals surface area (Å²) >= 11 is 5.63. The lowest BCUT2D eigenvalue weighted by molar-refractivity contribution is 0.111. The Balaban J connectivity index is 2.33. The molecular weight excluding hydrogens is 224 g/mol. The van der Waals surface area contributed by atoms with Gasteiger partial charge >= 0.3 is 0 Å². The van der Waals surface area contributed by atoms with Gasteiger partial charge in [-0.2, -0.15) is 5.10 Å². The number of halogens is 1. The van der Waals surface area contributed by atoms with E-state index in [0.29, 0.717) is 11.6 Å². The van der Waals surface area contributed by atoms with Crippen LogP contribution in [0, 0.1) is 0 Å². The summed E-state index contributed by atoms with van der Waals surface area (Å²) in [5, 5.41) is 5.20. The minimum Gasteiger partial charge on any atom is -0.296 e. The molecule has 0 unspecified atom stereocenters. The highest BCUT2D eigenvalue weighted by Crippen LogP contribution is 2.17. The molecule has 0 aliphatic carbocycles. The van der Waals surface area contributed by atoms with Gasteiger partial charge in [0.15, 0.2) is 6.29 Å². The van der Waals surface area contributed by atoms with Crippen molar-refractivity contribution in [3.8, 4) is 0 Å². The molecular formula is C12H13ClN2O. The number of aromatic nitrogens is 2. The molecule has 2 rings (SSSR count). The Labute approximate surface area is 99.0 Å². The van der Waals surface area contributed by atoms with E-state index in [0.717, 1.165) is 36.6 Å². The average molecular weight is 237 g/mol. The number of para-hydroxylation sites is 1. The van der Waals surface area contributed by atoms with Crippen molar-refractivity contribution in [2.24, 2.45) is 0 Å². The van der Waals surface area contributed by atoms with E-state index in [1.807, 2.05) is 28.9 Å². The molecule has 16 heavy (non-hydrogen) atoms. The summed E-state index contributed by atoms with van der Waals surface area (Å²) < 4.78 is 1.88. The number of rotatable bonds is 5. The number of fused-ring (bicyclic) bond motifs is 1. The average Bonchev–Trinajstić information content (AvgIpc) is 2.68. The van der Waals surface area contributed by atoms with E-state index in [1.165, 1.54) is 0 Å². The standard InChI is InChI=1S/C12H13ClN2O/c13-7-3-4-8-15-12-6-2-1-5-10(12)11(9-16)14-15/h1-2,5-6,9H,3-4,7-8H2. The fourth-order valence-electron chi connectivity index (χ4n) is 1.77. The Morgan fingerprint density at radius 2 is 2.12 bits per heavy atom. The third-order valence-electron chi connectivity index (χ3n) is 2.55. The Morgan fingerprint density at radius 1 is 1.31 bits per heavy atom. The molecule has 0 saturated carbocycles. The Morgan fingerprint density at radius 3 is 2.88 bits per heavy atom. The maximum Gasteiger partial charge on any atom is 0.170 e. The van der Waals surface area contributed by atoms with Crippen LogP contribution in [0.4, 0.5) is 0 Å². The largest absolute Gasteiger partial charge is 0.296 e. The quantitative estimate of drug-likeness (QED) is 0.455. The summed E-state index contributed by atoms with van der Waals surface area (Å²) in [4.78, 5) is 10.9. The van der Waals surface area contributed by atoms with Gasteiger partial charge < -0.3 is 0 Å². The van der Waals surface area contributed by atoms with Gasteiger partial charge in [0.1, 0.15) is 5.69 Å². The monoisotopic (exact) mass is 236 g/mol. The predicted molar refractivity (Wildman–Crippen MR) is 65.1 cm³/mol. The molecule has 0 bridgehead atoms. The lowest BCUT2D eigenvalue weighted by Gasteiger charge is -2.01. The number of hydrogen-bond donors (Lipinski definition) is 0. The molecule has 0 fully saturated rings. The second-order valence-corrected chi connectivity index (χ2v) is 4.02. The minimum atomic E-state index is 0.515. The van der Waals surface area contributed by atoms with Crippen molar-refractivity contribution in [1.82, 2.24) is 9.78 Å². The molecule has 0 amide bonds. The van der Waals surface area contributed by atoms with Gasteiger partial charge in [0.2, 0.25) is 0 Å². The van der Waals surface area contributed by atoms with Crippen molar-refractivity contribution in [1.29, 1.82) is 0 Å². The number of alkyl halides is 1. The number of benzene rings is 1. The smallest absolute Gasteiger partial charge is 0.170 e. The molecule has 0 aliphatic heterocycles. The molecule has 1 aromatic heterocycles. The van der Waals surface area contributed by atoms with Crippen molar-refractivity contribution < 1.29 is 4.79 Å². The van der Waals surface area contributed by atoms with Gasteiger partial charge in [0.25, 0.3) is 0 Å². The van der Waals surface area contributed by atoms with E-state index < -0.39 is 0 Å². The molecule has 0 spiro atoms. The first-order valence-corrected chi connectivity index (χ1v) is 5.87. The van der Waals surface area contributed by atoms with E-state index in [1.54, 1.807) is 0 Å². The van der Waals surface area contributed by atoms with Crippen LogP contribution in [0.3, 0.4) is 0 Å². The number of nitrogens with zero attached hydrogens (tertiary/aromatic N) is 2. The molecule has 0 N–H and O–H groups in total. The summed E-state index contributed by atoms with van der Waals surface area (Å²) in [5.74, 6) is 0.666. The molecule has 84 valence electrons. The number of unbranched alkanes of at least 4 members (excludes halogenated alkanes) is 1. The normalized spacial score (nSPS) is 10.8. The molecule has 0 atom stereocenters. The Hall–Kier alpha value is -1.35. The van der Waals surface area contributed by atoms with Crippen LogP contribution >= 0.6 is 11.6 Å². The third-order valence-corrected chi connectivity index (χ3v) is 2.82. The Bertz CT molecular complexity index is 493. The van der Waals surface area contributed by atoms with Crippen LogP contribution in [0.15, 0.2) is 24.3 Å². The lowest BCUT2D eigenvalue weighted by atomic mass is 10.2. The second kappa shape index (κ2) is 5.12. The van der Waals surface area contributed by atoms with Gasteiger partial charge in [-0.05, 0) is 18.9 Å². The zero-order valence-corrected chi connectivity index (χ0v) is 9.65. The highest BCUT2D eigenvalue weighted by Gasteiger charge is 2.08. The van der Waals surface area contributed by atoms with E-state index in [4.69, 9.17) is 11.6 Å². The van der Waals surface area contributed by atoms with E-state index in [2.05, 4.69) is 5.10 Å². The van der Waals surface area contributed by atoms with Gasteiger partial charge in [-0.25, -0.2) is 0 Å². The first kappa shape index (κ1) is 11.1. The maximum absolute atomic E-state index is 10.9. The van der Waals surface area contributed by atoms with Gasteiger partial charge in [-0.3, -0.25) is 9.48 Å². The number of aldehydes is 1. The number of aryl methyl sites for hydroxylation is 1. The van der Waals surface area contributed by atoms with Crippen LogP contribution in [0.5, 0.6) is 0 Å². The highest BCUT2D eigenvalue weighted by atomic mass is 35.5. The number of carbonyl (C=O) groups excluding carboxylic acids is 1. The van der Waals surface area contributed by atoms with Gasteiger partial charge in [-0.15, -0.1) is 11.6 Å².